The molecule has 98 valence electrons. The molecule has 2 N–H and O–H groups in total. The maximum absolute atomic E-state index is 13.5. The summed E-state index contributed by atoms with van der Waals surface area (Å²) in [5.74, 6) is -1.38. The second-order valence-electron chi connectivity index (χ2n) is 3.95. The number of ether oxygens (including phenoxy) is 1. The Hall–Kier alpha value is -2.43. The van der Waals surface area contributed by atoms with Gasteiger partial charge in [-0.05, 0) is 30.3 Å². The topological polar surface area (TPSA) is 65.2 Å². The number of benzene rings is 1. The number of anilines is 1. The van der Waals surface area contributed by atoms with Crippen LogP contribution >= 0.6 is 0 Å². The summed E-state index contributed by atoms with van der Waals surface area (Å²) in [4.78, 5) is 15.7. The van der Waals surface area contributed by atoms with Crippen LogP contribution < -0.4 is 5.73 Å². The van der Waals surface area contributed by atoms with Gasteiger partial charge in [0, 0.05) is 24.0 Å². The summed E-state index contributed by atoms with van der Waals surface area (Å²) in [6.45, 7) is 0.152. The number of nitrogen functional groups attached to an aromatic ring is 1. The lowest BCUT2D eigenvalue weighted by atomic mass is 10.2. The van der Waals surface area contributed by atoms with Crippen molar-refractivity contribution in [2.24, 2.45) is 0 Å². The minimum atomic E-state index is -0.701. The van der Waals surface area contributed by atoms with Crippen LogP contribution in [0, 0.1) is 5.82 Å². The molecule has 0 aliphatic heterocycles. The molecule has 0 unspecified atom stereocenters. The molecule has 0 radical (unpaired) electrons. The van der Waals surface area contributed by atoms with Crippen LogP contribution in [0.1, 0.15) is 16.1 Å². The molecule has 0 saturated carbocycles. The van der Waals surface area contributed by atoms with Gasteiger partial charge in [0.25, 0.3) is 0 Å². The third kappa shape index (κ3) is 3.51. The lowest BCUT2D eigenvalue weighted by Crippen LogP contribution is -2.10. The zero-order valence-electron chi connectivity index (χ0n) is 10.2. The number of halogens is 1. The third-order valence-corrected chi connectivity index (χ3v) is 2.53. The van der Waals surface area contributed by atoms with Crippen molar-refractivity contribution in [1.29, 1.82) is 0 Å². The standard InChI is InChI=1S/C14H13FN2O2/c15-13-9-10(16)4-5-12(13)14(18)19-8-6-11-3-1-2-7-17-11/h1-5,7,9H,6,8,16H2. The van der Waals surface area contributed by atoms with Crippen LogP contribution in [0.2, 0.25) is 0 Å². The van der Waals surface area contributed by atoms with Gasteiger partial charge in [0.1, 0.15) is 5.82 Å². The zero-order chi connectivity index (χ0) is 13.7. The van der Waals surface area contributed by atoms with Gasteiger partial charge >= 0.3 is 5.97 Å². The van der Waals surface area contributed by atoms with Crippen LogP contribution in [0.15, 0.2) is 42.6 Å². The average molecular weight is 260 g/mol. The summed E-state index contributed by atoms with van der Waals surface area (Å²) in [5, 5.41) is 0. The second-order valence-corrected chi connectivity index (χ2v) is 3.95. The number of aromatic nitrogens is 1. The Morgan fingerprint density at radius 2 is 2.16 bits per heavy atom. The van der Waals surface area contributed by atoms with Crippen molar-refractivity contribution in [1.82, 2.24) is 4.98 Å². The Bertz CT molecular complexity index is 573. The summed E-state index contributed by atoms with van der Waals surface area (Å²) in [6.07, 6.45) is 2.15. The van der Waals surface area contributed by atoms with Crippen molar-refractivity contribution in [3.8, 4) is 0 Å². The van der Waals surface area contributed by atoms with E-state index in [9.17, 15) is 9.18 Å². The number of rotatable bonds is 4. The van der Waals surface area contributed by atoms with Crippen molar-refractivity contribution in [3.63, 3.8) is 0 Å². The van der Waals surface area contributed by atoms with E-state index in [4.69, 9.17) is 10.5 Å². The molecular formula is C14H13FN2O2. The molecule has 0 amide bonds. The van der Waals surface area contributed by atoms with Gasteiger partial charge in [-0.15, -0.1) is 0 Å². The van der Waals surface area contributed by atoms with Gasteiger partial charge in [0.15, 0.2) is 0 Å². The maximum Gasteiger partial charge on any atom is 0.341 e. The molecular weight excluding hydrogens is 247 g/mol. The van der Waals surface area contributed by atoms with E-state index >= 15 is 0 Å². The average Bonchev–Trinajstić information content (AvgIpc) is 2.39. The van der Waals surface area contributed by atoms with Gasteiger partial charge in [-0.25, -0.2) is 9.18 Å². The van der Waals surface area contributed by atoms with E-state index in [0.717, 1.165) is 11.8 Å². The molecule has 0 aliphatic carbocycles. The summed E-state index contributed by atoms with van der Waals surface area (Å²) < 4.78 is 18.5. The minimum Gasteiger partial charge on any atom is -0.462 e. The number of nitrogens with zero attached hydrogens (tertiary/aromatic N) is 1. The molecule has 1 aromatic carbocycles. The van der Waals surface area contributed by atoms with E-state index < -0.39 is 11.8 Å². The first-order chi connectivity index (χ1) is 9.16. The largest absolute Gasteiger partial charge is 0.462 e. The molecule has 1 aromatic heterocycles. The normalized spacial score (nSPS) is 10.2. The van der Waals surface area contributed by atoms with Crippen LogP contribution in [0.5, 0.6) is 0 Å². The Morgan fingerprint density at radius 1 is 1.32 bits per heavy atom. The van der Waals surface area contributed by atoms with Crippen molar-refractivity contribution < 1.29 is 13.9 Å². The van der Waals surface area contributed by atoms with E-state index in [1.165, 1.54) is 12.1 Å². The fraction of sp³-hybridized carbons (Fsp3) is 0.143. The molecule has 1 heterocycles. The van der Waals surface area contributed by atoms with Crippen LogP contribution in [-0.2, 0) is 11.2 Å². The molecule has 4 nitrogen and oxygen atoms in total. The number of carbonyl (C=O) groups is 1. The first kappa shape index (κ1) is 13.0. The SMILES string of the molecule is Nc1ccc(C(=O)OCCc2ccccn2)c(F)c1. The van der Waals surface area contributed by atoms with Gasteiger partial charge in [0.2, 0.25) is 0 Å². The lowest BCUT2D eigenvalue weighted by Gasteiger charge is -2.06. The summed E-state index contributed by atoms with van der Waals surface area (Å²) in [6, 6.07) is 9.35. The quantitative estimate of drug-likeness (QED) is 0.676. The molecule has 2 rings (SSSR count). The van der Waals surface area contributed by atoms with Crippen LogP contribution in [-0.4, -0.2) is 17.6 Å². The van der Waals surface area contributed by atoms with Gasteiger partial charge in [-0.2, -0.15) is 0 Å². The Labute approximate surface area is 110 Å². The molecule has 0 aliphatic rings. The third-order valence-electron chi connectivity index (χ3n) is 2.53. The molecule has 0 fully saturated rings. The van der Waals surface area contributed by atoms with Crippen LogP contribution in [0.3, 0.4) is 0 Å². The molecule has 0 saturated heterocycles. The molecule has 19 heavy (non-hydrogen) atoms. The maximum atomic E-state index is 13.5. The first-order valence-electron chi connectivity index (χ1n) is 5.79. The minimum absolute atomic E-state index is 0.116. The van der Waals surface area contributed by atoms with E-state index in [0.29, 0.717) is 6.42 Å². The number of nitrogens with two attached hydrogens (primary N) is 1. The second kappa shape index (κ2) is 5.95. The molecule has 0 atom stereocenters. The van der Waals surface area contributed by atoms with E-state index in [2.05, 4.69) is 4.98 Å². The number of pyridine rings is 1. The van der Waals surface area contributed by atoms with Crippen molar-refractivity contribution in [2.75, 3.05) is 12.3 Å². The summed E-state index contributed by atoms with van der Waals surface area (Å²) in [7, 11) is 0. The van der Waals surface area contributed by atoms with Crippen molar-refractivity contribution in [2.45, 2.75) is 6.42 Å². The Morgan fingerprint density at radius 3 is 2.84 bits per heavy atom. The Balaban J connectivity index is 1.91. The highest BCUT2D eigenvalue weighted by Crippen LogP contribution is 2.13. The van der Waals surface area contributed by atoms with Crippen molar-refractivity contribution in [3.05, 3.63) is 59.7 Å². The number of hydrogen-bond donors (Lipinski definition) is 1. The van der Waals surface area contributed by atoms with Crippen LogP contribution in [0.4, 0.5) is 10.1 Å². The predicted molar refractivity (Wildman–Crippen MR) is 69.0 cm³/mol. The van der Waals surface area contributed by atoms with Gasteiger partial charge in [-0.1, -0.05) is 6.07 Å². The molecule has 0 spiro atoms. The number of hydrogen-bond acceptors (Lipinski definition) is 4. The summed E-state index contributed by atoms with van der Waals surface area (Å²) in [5.41, 5.74) is 6.37. The molecule has 0 bridgehead atoms. The van der Waals surface area contributed by atoms with Gasteiger partial charge < -0.3 is 10.5 Å². The zero-order valence-corrected chi connectivity index (χ0v) is 10.2. The predicted octanol–water partition coefficient (Wildman–Crippen LogP) is 2.20. The highest BCUT2D eigenvalue weighted by molar-refractivity contribution is 5.90. The fourth-order valence-electron chi connectivity index (χ4n) is 1.57. The Kier molecular flexibility index (Phi) is 4.07. The smallest absolute Gasteiger partial charge is 0.341 e. The van der Waals surface area contributed by atoms with E-state index in [1.807, 2.05) is 12.1 Å². The first-order valence-corrected chi connectivity index (χ1v) is 5.79. The van der Waals surface area contributed by atoms with E-state index in [1.54, 1.807) is 12.3 Å². The monoisotopic (exact) mass is 260 g/mol. The fourth-order valence-corrected chi connectivity index (χ4v) is 1.57. The van der Waals surface area contributed by atoms with Gasteiger partial charge in [0.05, 0.1) is 12.2 Å². The van der Waals surface area contributed by atoms with E-state index in [-0.39, 0.29) is 17.9 Å². The summed E-state index contributed by atoms with van der Waals surface area (Å²) >= 11 is 0. The molecule has 2 aromatic rings. The van der Waals surface area contributed by atoms with Gasteiger partial charge in [-0.3, -0.25) is 4.98 Å². The highest BCUT2D eigenvalue weighted by Gasteiger charge is 2.13. The number of esters is 1. The van der Waals surface area contributed by atoms with Crippen LogP contribution in [0.25, 0.3) is 0 Å². The highest BCUT2D eigenvalue weighted by atomic mass is 19.1. The molecule has 5 heteroatoms. The number of carbonyl (C=O) groups excluding carboxylic acids is 1. The lowest BCUT2D eigenvalue weighted by molar-refractivity contribution is 0.0503. The van der Waals surface area contributed by atoms with Crippen molar-refractivity contribution >= 4 is 11.7 Å².